The van der Waals surface area contributed by atoms with Gasteiger partial charge in [0.2, 0.25) is 5.95 Å². The monoisotopic (exact) mass is 272 g/mol. The third-order valence-electron chi connectivity index (χ3n) is 2.84. The average Bonchev–Trinajstić information content (AvgIpc) is 2.46. The molecule has 0 saturated carbocycles. The fourth-order valence-electron chi connectivity index (χ4n) is 1.82. The van der Waals surface area contributed by atoms with E-state index >= 15 is 0 Å². The van der Waals surface area contributed by atoms with Gasteiger partial charge in [0.15, 0.2) is 0 Å². The number of hydrogen-bond donors (Lipinski definition) is 1. The quantitative estimate of drug-likeness (QED) is 0.667. The highest BCUT2D eigenvalue weighted by Crippen LogP contribution is 2.25. The van der Waals surface area contributed by atoms with Gasteiger partial charge in [-0.05, 0) is 18.9 Å². The molecule has 0 aliphatic carbocycles. The summed E-state index contributed by atoms with van der Waals surface area (Å²) in [4.78, 5) is 19.1. The van der Waals surface area contributed by atoms with Crippen LogP contribution in [0.2, 0.25) is 0 Å². The summed E-state index contributed by atoms with van der Waals surface area (Å²) in [7, 11) is 0. The third-order valence-corrected chi connectivity index (χ3v) is 2.84. The Labute approximate surface area is 117 Å². The van der Waals surface area contributed by atoms with E-state index in [0.717, 1.165) is 24.1 Å². The van der Waals surface area contributed by atoms with Crippen LogP contribution in [0.4, 0.5) is 11.6 Å². The summed E-state index contributed by atoms with van der Waals surface area (Å²) in [6, 6.07) is 6.47. The summed E-state index contributed by atoms with van der Waals surface area (Å²) in [6.45, 7) is 4.73. The second kappa shape index (κ2) is 6.10. The number of rotatable bonds is 5. The van der Waals surface area contributed by atoms with Crippen molar-refractivity contribution in [1.29, 1.82) is 0 Å². The minimum atomic E-state index is -0.406. The second-order valence-electron chi connectivity index (χ2n) is 4.46. The zero-order valence-electron chi connectivity index (χ0n) is 11.5. The number of hydrogen-bond acceptors (Lipinski definition) is 5. The molecule has 2 aromatic rings. The maximum Gasteiger partial charge on any atom is 0.270 e. The Kier molecular flexibility index (Phi) is 4.24. The summed E-state index contributed by atoms with van der Waals surface area (Å²) in [5, 5.41) is 14.0. The number of non-ortho nitro benzene ring substituents is 1. The van der Waals surface area contributed by atoms with E-state index < -0.39 is 4.92 Å². The SMILES string of the molecule is CCCNc1ncc(C)c(-c2cccc([N+](=O)[O-])c2)n1. The Morgan fingerprint density at radius 1 is 1.40 bits per heavy atom. The number of benzene rings is 1. The highest BCUT2D eigenvalue weighted by molar-refractivity contribution is 5.66. The first-order valence-electron chi connectivity index (χ1n) is 6.44. The van der Waals surface area contributed by atoms with Crippen molar-refractivity contribution >= 4 is 11.6 Å². The molecule has 1 aromatic heterocycles. The van der Waals surface area contributed by atoms with Crippen LogP contribution in [0.5, 0.6) is 0 Å². The first-order chi connectivity index (χ1) is 9.61. The van der Waals surface area contributed by atoms with E-state index in [1.54, 1.807) is 12.3 Å². The van der Waals surface area contributed by atoms with Crippen LogP contribution in [0.25, 0.3) is 11.3 Å². The van der Waals surface area contributed by atoms with Gasteiger partial charge in [-0.25, -0.2) is 9.97 Å². The van der Waals surface area contributed by atoms with Gasteiger partial charge < -0.3 is 5.32 Å². The lowest BCUT2D eigenvalue weighted by atomic mass is 10.1. The molecule has 1 heterocycles. The lowest BCUT2D eigenvalue weighted by Gasteiger charge is -2.08. The Balaban J connectivity index is 2.40. The predicted octanol–water partition coefficient (Wildman–Crippen LogP) is 3.18. The summed E-state index contributed by atoms with van der Waals surface area (Å²) < 4.78 is 0. The molecule has 0 spiro atoms. The van der Waals surface area contributed by atoms with Crippen molar-refractivity contribution in [3.8, 4) is 11.3 Å². The Hall–Kier alpha value is -2.50. The summed E-state index contributed by atoms with van der Waals surface area (Å²) >= 11 is 0. The van der Waals surface area contributed by atoms with Crippen molar-refractivity contribution in [3.05, 3.63) is 46.1 Å². The molecule has 0 atom stereocenters. The van der Waals surface area contributed by atoms with Gasteiger partial charge in [-0.15, -0.1) is 0 Å². The van der Waals surface area contributed by atoms with Crippen LogP contribution in [0.3, 0.4) is 0 Å². The van der Waals surface area contributed by atoms with Crippen LogP contribution < -0.4 is 5.32 Å². The number of nitro groups is 1. The molecule has 0 fully saturated rings. The van der Waals surface area contributed by atoms with Crippen molar-refractivity contribution in [2.24, 2.45) is 0 Å². The van der Waals surface area contributed by atoms with Gasteiger partial charge in [-0.3, -0.25) is 10.1 Å². The van der Waals surface area contributed by atoms with Crippen molar-refractivity contribution < 1.29 is 4.92 Å². The summed E-state index contributed by atoms with van der Waals surface area (Å²) in [6.07, 6.45) is 2.70. The van der Waals surface area contributed by atoms with E-state index in [2.05, 4.69) is 22.2 Å². The van der Waals surface area contributed by atoms with Gasteiger partial charge in [0.1, 0.15) is 0 Å². The molecule has 1 aromatic carbocycles. The average molecular weight is 272 g/mol. The van der Waals surface area contributed by atoms with E-state index in [4.69, 9.17) is 0 Å². The van der Waals surface area contributed by atoms with Crippen LogP contribution in [0.15, 0.2) is 30.5 Å². The highest BCUT2D eigenvalue weighted by Gasteiger charge is 2.11. The number of nitrogens with one attached hydrogen (secondary N) is 1. The summed E-state index contributed by atoms with van der Waals surface area (Å²) in [5.74, 6) is 0.541. The van der Waals surface area contributed by atoms with Gasteiger partial charge in [0.05, 0.1) is 10.6 Å². The molecule has 0 radical (unpaired) electrons. The maximum atomic E-state index is 10.8. The minimum Gasteiger partial charge on any atom is -0.354 e. The smallest absolute Gasteiger partial charge is 0.270 e. The molecule has 0 unspecified atom stereocenters. The van der Waals surface area contributed by atoms with Gasteiger partial charge >= 0.3 is 0 Å². The van der Waals surface area contributed by atoms with Crippen molar-refractivity contribution in [1.82, 2.24) is 9.97 Å². The molecule has 6 nitrogen and oxygen atoms in total. The second-order valence-corrected chi connectivity index (χ2v) is 4.46. The molecule has 0 aliphatic heterocycles. The first-order valence-corrected chi connectivity index (χ1v) is 6.44. The largest absolute Gasteiger partial charge is 0.354 e. The third kappa shape index (κ3) is 3.09. The van der Waals surface area contributed by atoms with Crippen LogP contribution in [0.1, 0.15) is 18.9 Å². The molecule has 2 rings (SSSR count). The van der Waals surface area contributed by atoms with Gasteiger partial charge in [0.25, 0.3) is 5.69 Å². The normalized spacial score (nSPS) is 10.3. The van der Waals surface area contributed by atoms with E-state index in [1.165, 1.54) is 12.1 Å². The number of aromatic nitrogens is 2. The van der Waals surface area contributed by atoms with Gasteiger partial charge in [-0.1, -0.05) is 19.1 Å². The molecule has 0 bridgehead atoms. The topological polar surface area (TPSA) is 81.0 Å². The Morgan fingerprint density at radius 3 is 2.90 bits per heavy atom. The number of anilines is 1. The van der Waals surface area contributed by atoms with Gasteiger partial charge in [0, 0.05) is 30.4 Å². The first kappa shape index (κ1) is 13.9. The lowest BCUT2D eigenvalue weighted by Crippen LogP contribution is -2.05. The number of aryl methyl sites for hydroxylation is 1. The standard InChI is InChI=1S/C14H16N4O2/c1-3-7-15-14-16-9-10(2)13(17-14)11-5-4-6-12(8-11)18(19)20/h4-6,8-9H,3,7H2,1-2H3,(H,15,16,17). The van der Waals surface area contributed by atoms with E-state index in [1.807, 2.05) is 13.0 Å². The molecular formula is C14H16N4O2. The number of nitrogens with zero attached hydrogens (tertiary/aromatic N) is 3. The molecule has 6 heteroatoms. The highest BCUT2D eigenvalue weighted by atomic mass is 16.6. The molecule has 0 saturated heterocycles. The Morgan fingerprint density at radius 2 is 2.20 bits per heavy atom. The molecular weight excluding hydrogens is 256 g/mol. The fourth-order valence-corrected chi connectivity index (χ4v) is 1.82. The molecule has 104 valence electrons. The van der Waals surface area contributed by atoms with E-state index in [0.29, 0.717) is 11.6 Å². The van der Waals surface area contributed by atoms with Crippen molar-refractivity contribution in [2.75, 3.05) is 11.9 Å². The van der Waals surface area contributed by atoms with Crippen molar-refractivity contribution in [3.63, 3.8) is 0 Å². The fraction of sp³-hybridized carbons (Fsp3) is 0.286. The molecule has 1 N–H and O–H groups in total. The zero-order valence-corrected chi connectivity index (χ0v) is 11.5. The van der Waals surface area contributed by atoms with Crippen LogP contribution in [0, 0.1) is 17.0 Å². The lowest BCUT2D eigenvalue weighted by molar-refractivity contribution is -0.384. The summed E-state index contributed by atoms with van der Waals surface area (Å²) in [5.41, 5.74) is 2.37. The van der Waals surface area contributed by atoms with Gasteiger partial charge in [-0.2, -0.15) is 0 Å². The van der Waals surface area contributed by atoms with Crippen LogP contribution in [-0.2, 0) is 0 Å². The Bertz CT molecular complexity index is 628. The predicted molar refractivity (Wildman–Crippen MR) is 77.6 cm³/mol. The maximum absolute atomic E-state index is 10.8. The van der Waals surface area contributed by atoms with Crippen LogP contribution in [-0.4, -0.2) is 21.4 Å². The van der Waals surface area contributed by atoms with Crippen LogP contribution >= 0.6 is 0 Å². The van der Waals surface area contributed by atoms with E-state index in [-0.39, 0.29) is 5.69 Å². The molecule has 0 aliphatic rings. The molecule has 20 heavy (non-hydrogen) atoms. The molecule has 0 amide bonds. The van der Waals surface area contributed by atoms with E-state index in [9.17, 15) is 10.1 Å². The minimum absolute atomic E-state index is 0.0589. The zero-order chi connectivity index (χ0) is 14.5. The number of nitro benzene ring substituents is 1. The van der Waals surface area contributed by atoms with Crippen molar-refractivity contribution in [2.45, 2.75) is 20.3 Å².